The third kappa shape index (κ3) is 4.27. The van der Waals surface area contributed by atoms with Crippen molar-refractivity contribution < 1.29 is 8.42 Å². The number of rotatable bonds is 7. The van der Waals surface area contributed by atoms with Gasteiger partial charge >= 0.3 is 0 Å². The molecule has 0 atom stereocenters. The van der Waals surface area contributed by atoms with Crippen LogP contribution in [0.4, 0.5) is 5.69 Å². The fourth-order valence-corrected chi connectivity index (χ4v) is 4.04. The number of hydrogen-bond acceptors (Lipinski definition) is 5. The van der Waals surface area contributed by atoms with Crippen LogP contribution in [0.1, 0.15) is 11.1 Å². The minimum absolute atomic E-state index is 0.127. The molecule has 27 heavy (non-hydrogen) atoms. The van der Waals surface area contributed by atoms with Crippen molar-refractivity contribution in [3.05, 3.63) is 78.3 Å². The van der Waals surface area contributed by atoms with E-state index in [2.05, 4.69) is 10.3 Å². The molecule has 1 aromatic carbocycles. The molecule has 0 fully saturated rings. The summed E-state index contributed by atoms with van der Waals surface area (Å²) < 4.78 is 27.3. The lowest BCUT2D eigenvalue weighted by Crippen LogP contribution is -2.16. The van der Waals surface area contributed by atoms with Crippen LogP contribution < -0.4 is 11.1 Å². The van der Waals surface area contributed by atoms with E-state index >= 15 is 0 Å². The zero-order valence-electron chi connectivity index (χ0n) is 15.0. The van der Waals surface area contributed by atoms with Gasteiger partial charge in [0.05, 0.1) is 17.1 Å². The van der Waals surface area contributed by atoms with Crippen LogP contribution in [-0.4, -0.2) is 30.2 Å². The largest absolute Gasteiger partial charge is 0.387 e. The molecule has 140 valence electrons. The lowest BCUT2D eigenvalue weighted by molar-refractivity contribution is 0.591. The van der Waals surface area contributed by atoms with Gasteiger partial charge in [-0.1, -0.05) is 42.5 Å². The van der Waals surface area contributed by atoms with E-state index in [4.69, 9.17) is 5.73 Å². The summed E-state index contributed by atoms with van der Waals surface area (Å²) in [5, 5.41) is 3.01. The summed E-state index contributed by atoms with van der Waals surface area (Å²) in [4.78, 5) is 4.02. The molecule has 2 aromatic heterocycles. The fraction of sp³-hybridized carbons (Fsp3) is 0.150. The second kappa shape index (κ2) is 8.20. The van der Waals surface area contributed by atoms with Gasteiger partial charge in [-0.15, -0.1) is 0 Å². The lowest BCUT2D eigenvalue weighted by atomic mass is 10.1. The van der Waals surface area contributed by atoms with Crippen LogP contribution in [0.3, 0.4) is 0 Å². The molecular formula is C20H22N4O2S. The molecule has 0 aliphatic carbocycles. The van der Waals surface area contributed by atoms with Gasteiger partial charge in [0.15, 0.2) is 0 Å². The van der Waals surface area contributed by atoms with E-state index in [-0.39, 0.29) is 5.75 Å². The summed E-state index contributed by atoms with van der Waals surface area (Å²) >= 11 is 0. The Morgan fingerprint density at radius 1 is 1.22 bits per heavy atom. The van der Waals surface area contributed by atoms with Crippen molar-refractivity contribution in [1.29, 1.82) is 0 Å². The average molecular weight is 382 g/mol. The molecule has 0 amide bonds. The van der Waals surface area contributed by atoms with Gasteiger partial charge in [0.25, 0.3) is 0 Å². The van der Waals surface area contributed by atoms with Crippen LogP contribution in [0.5, 0.6) is 0 Å². The lowest BCUT2D eigenvalue weighted by Gasteiger charge is -2.12. The van der Waals surface area contributed by atoms with Crippen molar-refractivity contribution in [2.24, 2.45) is 5.73 Å². The second-order valence-electron chi connectivity index (χ2n) is 5.99. The number of nitrogens with zero attached hydrogens (tertiary/aromatic N) is 2. The van der Waals surface area contributed by atoms with E-state index in [0.29, 0.717) is 12.2 Å². The maximum atomic E-state index is 13.0. The summed E-state index contributed by atoms with van der Waals surface area (Å²) in [5.74, 6) is -0.127. The fourth-order valence-electron chi connectivity index (χ4n) is 2.82. The highest BCUT2D eigenvalue weighted by molar-refractivity contribution is 7.90. The minimum atomic E-state index is -3.59. The molecule has 0 aliphatic heterocycles. The van der Waals surface area contributed by atoms with Crippen LogP contribution in [-0.2, 0) is 16.6 Å². The van der Waals surface area contributed by atoms with E-state index in [9.17, 15) is 8.42 Å². The molecule has 0 saturated carbocycles. The average Bonchev–Trinajstić information content (AvgIpc) is 3.14. The summed E-state index contributed by atoms with van der Waals surface area (Å²) in [6, 6.07) is 13.0. The van der Waals surface area contributed by atoms with Gasteiger partial charge in [-0.25, -0.2) is 12.4 Å². The Kier molecular flexibility index (Phi) is 5.73. The molecule has 0 unspecified atom stereocenters. The zero-order valence-corrected chi connectivity index (χ0v) is 15.9. The maximum absolute atomic E-state index is 13.0. The molecule has 7 heteroatoms. The summed E-state index contributed by atoms with van der Waals surface area (Å²) in [6.07, 6.45) is 8.33. The quantitative estimate of drug-likeness (QED) is 0.656. The van der Waals surface area contributed by atoms with Crippen molar-refractivity contribution in [3.63, 3.8) is 0 Å². The Balaban J connectivity index is 1.98. The van der Waals surface area contributed by atoms with Crippen LogP contribution in [0.15, 0.2) is 67.1 Å². The molecule has 0 aliphatic rings. The predicted octanol–water partition coefficient (Wildman–Crippen LogP) is 2.94. The van der Waals surface area contributed by atoms with Gasteiger partial charge in [0.1, 0.15) is 0 Å². The molecule has 0 saturated heterocycles. The van der Waals surface area contributed by atoms with E-state index in [1.54, 1.807) is 43.9 Å². The van der Waals surface area contributed by atoms with Gasteiger partial charge in [-0.2, -0.15) is 0 Å². The molecular weight excluding hydrogens is 360 g/mol. The maximum Gasteiger partial charge on any atom is 0.242 e. The molecule has 0 radical (unpaired) electrons. The summed E-state index contributed by atoms with van der Waals surface area (Å²) in [5.41, 5.74) is 9.70. The van der Waals surface area contributed by atoms with E-state index < -0.39 is 10.0 Å². The number of hydrogen-bond donors (Lipinski definition) is 2. The second-order valence-corrected chi connectivity index (χ2v) is 7.88. The molecule has 0 bridgehead atoms. The highest BCUT2D eigenvalue weighted by atomic mass is 32.2. The summed E-state index contributed by atoms with van der Waals surface area (Å²) in [7, 11) is -1.84. The number of nitrogens with two attached hydrogens (primary N) is 1. The molecule has 6 nitrogen and oxygen atoms in total. The number of pyridine rings is 1. The van der Waals surface area contributed by atoms with Gasteiger partial charge in [-0.3, -0.25) is 4.98 Å². The van der Waals surface area contributed by atoms with Gasteiger partial charge in [0.2, 0.25) is 10.0 Å². The Morgan fingerprint density at radius 3 is 2.74 bits per heavy atom. The predicted molar refractivity (Wildman–Crippen MR) is 110 cm³/mol. The Hall–Kier alpha value is -2.90. The van der Waals surface area contributed by atoms with Crippen molar-refractivity contribution in [2.75, 3.05) is 18.1 Å². The van der Waals surface area contributed by atoms with Crippen molar-refractivity contribution in [3.8, 4) is 11.3 Å². The zero-order chi connectivity index (χ0) is 19.3. The third-order valence-electron chi connectivity index (χ3n) is 4.19. The first-order valence-corrected chi connectivity index (χ1v) is 10.1. The van der Waals surface area contributed by atoms with Crippen molar-refractivity contribution in [2.45, 2.75) is 6.54 Å². The smallest absolute Gasteiger partial charge is 0.242 e. The highest BCUT2D eigenvalue weighted by Gasteiger charge is 2.19. The molecule has 2 heterocycles. The summed E-state index contributed by atoms with van der Waals surface area (Å²) in [6.45, 7) is 0.331. The normalized spacial score (nSPS) is 11.8. The number of nitrogens with one attached hydrogen (secondary N) is 1. The monoisotopic (exact) mass is 382 g/mol. The van der Waals surface area contributed by atoms with Crippen molar-refractivity contribution in [1.82, 2.24) is 8.96 Å². The van der Waals surface area contributed by atoms with Crippen LogP contribution in [0.2, 0.25) is 0 Å². The van der Waals surface area contributed by atoms with Crippen LogP contribution in [0, 0.1) is 0 Å². The van der Waals surface area contributed by atoms with Gasteiger partial charge in [0, 0.05) is 37.7 Å². The van der Waals surface area contributed by atoms with Crippen LogP contribution >= 0.6 is 0 Å². The number of aromatic nitrogens is 2. The van der Waals surface area contributed by atoms with Crippen LogP contribution in [0.25, 0.3) is 17.3 Å². The molecule has 3 N–H and O–H groups in total. The Labute approximate surface area is 159 Å². The Morgan fingerprint density at radius 2 is 2.04 bits per heavy atom. The standard InChI is InChI=1S/C20H22N4O2S/c1-22-18-12-20(19-9-3-2-8-17(19)13-21)24(15-18)27(25,26)11-5-7-16-6-4-10-23-14-16/h2-10,12,14-15,22H,11,13,21H2,1H3. The first-order chi connectivity index (χ1) is 13.0. The number of anilines is 1. The van der Waals surface area contributed by atoms with Gasteiger partial charge in [-0.05, 0) is 23.3 Å². The first-order valence-electron chi connectivity index (χ1n) is 8.53. The van der Waals surface area contributed by atoms with E-state index in [1.165, 1.54) is 3.97 Å². The third-order valence-corrected chi connectivity index (χ3v) is 5.70. The minimum Gasteiger partial charge on any atom is -0.387 e. The van der Waals surface area contributed by atoms with E-state index in [1.807, 2.05) is 36.4 Å². The van der Waals surface area contributed by atoms with E-state index in [0.717, 1.165) is 22.4 Å². The molecule has 3 aromatic rings. The molecule has 3 rings (SSSR count). The molecule has 0 spiro atoms. The number of benzene rings is 1. The van der Waals surface area contributed by atoms with Gasteiger partial charge < -0.3 is 11.1 Å². The first kappa shape index (κ1) is 18.9. The SMILES string of the molecule is CNc1cc(-c2ccccc2CN)n(S(=O)(=O)CC=Cc2cccnc2)c1. The highest BCUT2D eigenvalue weighted by Crippen LogP contribution is 2.29. The Bertz CT molecular complexity index is 1040. The van der Waals surface area contributed by atoms with Crippen molar-refractivity contribution >= 4 is 21.8 Å². The topological polar surface area (TPSA) is 90.0 Å².